The summed E-state index contributed by atoms with van der Waals surface area (Å²) in [6.07, 6.45) is 1.76. The Labute approximate surface area is 123 Å². The minimum atomic E-state index is -0.235. The maximum atomic E-state index is 12.5. The van der Waals surface area contributed by atoms with Gasteiger partial charge in [0, 0.05) is 22.7 Å². The largest absolute Gasteiger partial charge is 0.374 e. The van der Waals surface area contributed by atoms with E-state index in [2.05, 4.69) is 15.2 Å². The molecule has 0 saturated carbocycles. The third kappa shape index (κ3) is 2.41. The highest BCUT2D eigenvalue weighted by molar-refractivity contribution is 8.02. The van der Waals surface area contributed by atoms with Crippen molar-refractivity contribution in [1.29, 1.82) is 0 Å². The number of carbonyl (C=O) groups excluding carboxylic acids is 1. The SMILES string of the molecule is C[C@@H](Sc1nnc(N)s1)C(=O)c1c[nH]c2ccccc12. The molecule has 0 saturated heterocycles. The predicted molar refractivity (Wildman–Crippen MR) is 82.3 cm³/mol. The molecule has 0 radical (unpaired) electrons. The number of aromatic amines is 1. The first-order chi connectivity index (χ1) is 9.65. The number of para-hydroxylation sites is 1. The Morgan fingerprint density at radius 1 is 1.40 bits per heavy atom. The number of ketones is 1. The van der Waals surface area contributed by atoms with Crippen LogP contribution in [0.5, 0.6) is 0 Å². The number of nitrogens with one attached hydrogen (secondary N) is 1. The van der Waals surface area contributed by atoms with E-state index in [1.54, 1.807) is 6.20 Å². The highest BCUT2D eigenvalue weighted by Crippen LogP contribution is 2.30. The summed E-state index contributed by atoms with van der Waals surface area (Å²) in [6, 6.07) is 7.76. The number of rotatable bonds is 4. The number of benzene rings is 1. The molecule has 0 spiro atoms. The Balaban J connectivity index is 1.84. The quantitative estimate of drug-likeness (QED) is 0.572. The summed E-state index contributed by atoms with van der Waals surface area (Å²) >= 11 is 2.67. The van der Waals surface area contributed by atoms with Crippen molar-refractivity contribution in [2.75, 3.05) is 5.73 Å². The summed E-state index contributed by atoms with van der Waals surface area (Å²) in [5.41, 5.74) is 7.21. The van der Waals surface area contributed by atoms with Crippen LogP contribution in [-0.2, 0) is 0 Å². The average Bonchev–Trinajstić information content (AvgIpc) is 3.04. The lowest BCUT2D eigenvalue weighted by Gasteiger charge is -2.06. The number of hydrogen-bond acceptors (Lipinski definition) is 6. The van der Waals surface area contributed by atoms with E-state index in [0.29, 0.717) is 15.0 Å². The van der Waals surface area contributed by atoms with Gasteiger partial charge < -0.3 is 10.7 Å². The lowest BCUT2D eigenvalue weighted by molar-refractivity contribution is 0.0995. The predicted octanol–water partition coefficient (Wildman–Crippen LogP) is 2.97. The third-order valence-corrected chi connectivity index (χ3v) is 4.86. The lowest BCUT2D eigenvalue weighted by Crippen LogP contribution is -2.12. The van der Waals surface area contributed by atoms with Crippen LogP contribution in [0.1, 0.15) is 17.3 Å². The second-order valence-corrected chi connectivity index (χ2v) is 6.88. The third-order valence-electron chi connectivity index (χ3n) is 2.92. The van der Waals surface area contributed by atoms with Crippen LogP contribution < -0.4 is 5.73 Å². The average molecular weight is 304 g/mol. The van der Waals surface area contributed by atoms with Crippen molar-refractivity contribution in [3.63, 3.8) is 0 Å². The number of H-pyrrole nitrogens is 1. The van der Waals surface area contributed by atoms with Crippen molar-refractivity contribution in [1.82, 2.24) is 15.2 Å². The number of aromatic nitrogens is 3. The van der Waals surface area contributed by atoms with E-state index in [0.717, 1.165) is 10.9 Å². The second-order valence-electron chi connectivity index (χ2n) is 4.28. The zero-order valence-corrected chi connectivity index (χ0v) is 12.3. The van der Waals surface area contributed by atoms with Gasteiger partial charge in [-0.1, -0.05) is 41.3 Å². The van der Waals surface area contributed by atoms with Gasteiger partial charge >= 0.3 is 0 Å². The molecule has 5 nitrogen and oxygen atoms in total. The number of carbonyl (C=O) groups is 1. The fraction of sp³-hybridized carbons (Fsp3) is 0.154. The van der Waals surface area contributed by atoms with Gasteiger partial charge in [0.25, 0.3) is 0 Å². The fourth-order valence-corrected chi connectivity index (χ4v) is 3.82. The number of anilines is 1. The molecule has 102 valence electrons. The van der Waals surface area contributed by atoms with Crippen LogP contribution in [0.25, 0.3) is 10.9 Å². The molecular formula is C13H12N4OS2. The molecule has 3 aromatic rings. The topological polar surface area (TPSA) is 84.7 Å². The first-order valence-electron chi connectivity index (χ1n) is 6.01. The van der Waals surface area contributed by atoms with Crippen LogP contribution >= 0.6 is 23.1 Å². The van der Waals surface area contributed by atoms with E-state index in [9.17, 15) is 4.79 Å². The molecule has 0 bridgehead atoms. The van der Waals surface area contributed by atoms with Crippen molar-refractivity contribution in [2.24, 2.45) is 0 Å². The zero-order chi connectivity index (χ0) is 14.1. The highest BCUT2D eigenvalue weighted by Gasteiger charge is 2.21. The number of nitrogens with two attached hydrogens (primary N) is 1. The molecule has 3 N–H and O–H groups in total. The molecule has 1 aromatic carbocycles. The van der Waals surface area contributed by atoms with E-state index in [-0.39, 0.29) is 11.0 Å². The van der Waals surface area contributed by atoms with Crippen LogP contribution in [0.4, 0.5) is 5.13 Å². The molecule has 0 unspecified atom stereocenters. The van der Waals surface area contributed by atoms with Gasteiger partial charge in [-0.3, -0.25) is 4.79 Å². The van der Waals surface area contributed by atoms with Crippen molar-refractivity contribution in [3.8, 4) is 0 Å². The Hall–Kier alpha value is -1.86. The molecule has 1 atom stereocenters. The molecule has 2 aromatic heterocycles. The van der Waals surface area contributed by atoms with Crippen molar-refractivity contribution < 1.29 is 4.79 Å². The van der Waals surface area contributed by atoms with Crippen LogP contribution in [0, 0.1) is 0 Å². The molecule has 7 heteroatoms. The Bertz CT molecular complexity index is 764. The Morgan fingerprint density at radius 3 is 2.95 bits per heavy atom. The minimum absolute atomic E-state index is 0.0706. The van der Waals surface area contributed by atoms with Gasteiger partial charge in [-0.25, -0.2) is 0 Å². The van der Waals surface area contributed by atoms with E-state index < -0.39 is 0 Å². The summed E-state index contributed by atoms with van der Waals surface area (Å²) in [6.45, 7) is 1.87. The van der Waals surface area contributed by atoms with Gasteiger partial charge in [-0.05, 0) is 13.0 Å². The minimum Gasteiger partial charge on any atom is -0.374 e. The number of Topliss-reactive ketones (excluding diaryl/α,β-unsaturated/α-hetero) is 1. The molecule has 0 aliphatic rings. The monoisotopic (exact) mass is 304 g/mol. The fourth-order valence-electron chi connectivity index (χ4n) is 1.97. The summed E-state index contributed by atoms with van der Waals surface area (Å²) in [7, 11) is 0. The maximum absolute atomic E-state index is 12.5. The molecule has 3 rings (SSSR count). The van der Waals surface area contributed by atoms with Crippen LogP contribution in [0.2, 0.25) is 0 Å². The van der Waals surface area contributed by atoms with Crippen LogP contribution in [0.15, 0.2) is 34.8 Å². The zero-order valence-electron chi connectivity index (χ0n) is 10.7. The molecule has 0 fully saturated rings. The molecular weight excluding hydrogens is 292 g/mol. The van der Waals surface area contributed by atoms with E-state index in [1.807, 2.05) is 31.2 Å². The molecule has 2 heterocycles. The smallest absolute Gasteiger partial charge is 0.203 e. The van der Waals surface area contributed by atoms with Gasteiger partial charge in [0.2, 0.25) is 5.13 Å². The molecule has 0 aliphatic carbocycles. The van der Waals surface area contributed by atoms with Crippen LogP contribution in [0.3, 0.4) is 0 Å². The summed E-state index contributed by atoms with van der Waals surface area (Å²) in [5, 5.41) is 8.81. The van der Waals surface area contributed by atoms with Crippen LogP contribution in [-0.4, -0.2) is 26.2 Å². The second kappa shape index (κ2) is 5.26. The number of hydrogen-bond donors (Lipinski definition) is 2. The number of nitrogens with zero attached hydrogens (tertiary/aromatic N) is 2. The number of thioether (sulfide) groups is 1. The van der Waals surface area contributed by atoms with E-state index in [1.165, 1.54) is 23.1 Å². The van der Waals surface area contributed by atoms with Crippen molar-refractivity contribution in [2.45, 2.75) is 16.5 Å². The maximum Gasteiger partial charge on any atom is 0.203 e. The van der Waals surface area contributed by atoms with Gasteiger partial charge in [-0.15, -0.1) is 10.2 Å². The number of fused-ring (bicyclic) bond motifs is 1. The first kappa shape index (κ1) is 13.1. The highest BCUT2D eigenvalue weighted by atomic mass is 32.2. The van der Waals surface area contributed by atoms with Gasteiger partial charge in [0.05, 0.1) is 5.25 Å². The Morgan fingerprint density at radius 2 is 2.20 bits per heavy atom. The van der Waals surface area contributed by atoms with Crippen molar-refractivity contribution in [3.05, 3.63) is 36.0 Å². The molecule has 0 amide bonds. The normalized spacial score (nSPS) is 12.7. The first-order valence-corrected chi connectivity index (χ1v) is 7.70. The summed E-state index contributed by atoms with van der Waals surface area (Å²) in [5.74, 6) is 0.0706. The molecule has 0 aliphatic heterocycles. The van der Waals surface area contributed by atoms with Gasteiger partial charge in [0.15, 0.2) is 10.1 Å². The Kier molecular flexibility index (Phi) is 3.45. The van der Waals surface area contributed by atoms with Gasteiger partial charge in [-0.2, -0.15) is 0 Å². The molecule has 20 heavy (non-hydrogen) atoms. The van der Waals surface area contributed by atoms with Gasteiger partial charge in [0.1, 0.15) is 0 Å². The number of nitrogen functional groups attached to an aromatic ring is 1. The van der Waals surface area contributed by atoms with E-state index >= 15 is 0 Å². The van der Waals surface area contributed by atoms with Crippen molar-refractivity contribution >= 4 is 44.9 Å². The summed E-state index contributed by atoms with van der Waals surface area (Å²) in [4.78, 5) is 15.6. The lowest BCUT2D eigenvalue weighted by atomic mass is 10.1. The summed E-state index contributed by atoms with van der Waals surface area (Å²) < 4.78 is 0.711. The standard InChI is InChI=1S/C13H12N4OS2/c1-7(19-13-17-16-12(14)20-13)11(18)9-6-15-10-5-3-2-4-8(9)10/h2-7,15H,1H3,(H2,14,16)/t7-/m1/s1. The van der Waals surface area contributed by atoms with E-state index in [4.69, 9.17) is 5.73 Å².